The largest absolute Gasteiger partial charge is 0.467 e. The number of nitrogens with zero attached hydrogens (tertiary/aromatic N) is 1. The van der Waals surface area contributed by atoms with Gasteiger partial charge < -0.3 is 4.74 Å². The van der Waals surface area contributed by atoms with Crippen LogP contribution >= 0.6 is 15.9 Å². The topological polar surface area (TPSA) is 63.7 Å². The number of carbonyl (C=O) groups excluding carboxylic acids is 3. The highest BCUT2D eigenvalue weighted by Gasteiger charge is 2.43. The normalized spacial score (nSPS) is 15.7. The number of halogens is 1. The predicted octanol–water partition coefficient (Wildman–Crippen LogP) is 3.35. The van der Waals surface area contributed by atoms with E-state index in [1.807, 2.05) is 30.3 Å². The summed E-state index contributed by atoms with van der Waals surface area (Å²) in [5, 5.41) is 0. The van der Waals surface area contributed by atoms with Crippen molar-refractivity contribution in [3.63, 3.8) is 0 Å². The van der Waals surface area contributed by atoms with Gasteiger partial charge in [-0.1, -0.05) is 58.4 Å². The molecule has 0 saturated carbocycles. The van der Waals surface area contributed by atoms with Gasteiger partial charge in [-0.3, -0.25) is 14.5 Å². The molecule has 0 fully saturated rings. The minimum absolute atomic E-state index is 0.206. The first-order valence-electron chi connectivity index (χ1n) is 7.78. The number of fused-ring (bicyclic) bond motifs is 1. The monoisotopic (exact) mass is 401 g/mol. The van der Waals surface area contributed by atoms with Gasteiger partial charge >= 0.3 is 5.97 Å². The van der Waals surface area contributed by atoms with E-state index in [0.29, 0.717) is 11.1 Å². The van der Waals surface area contributed by atoms with Crippen LogP contribution in [0.15, 0.2) is 54.6 Å². The number of rotatable bonds is 5. The fraction of sp³-hybridized carbons (Fsp3) is 0.211. The van der Waals surface area contributed by atoms with Crippen molar-refractivity contribution < 1.29 is 19.1 Å². The molecule has 128 valence electrons. The standard InChI is InChI=1S/C19H16BrNO4/c1-25-19(24)16(11-15(20)12-7-3-2-4-8-12)21-17(22)13-9-5-6-10-14(13)18(21)23/h2-10,15-16H,11H2,1H3/t15?,16-/m0/s1. The third-order valence-electron chi connectivity index (χ3n) is 4.20. The summed E-state index contributed by atoms with van der Waals surface area (Å²) < 4.78 is 4.85. The van der Waals surface area contributed by atoms with Crippen molar-refractivity contribution in [3.05, 3.63) is 71.3 Å². The lowest BCUT2D eigenvalue weighted by atomic mass is 10.0. The van der Waals surface area contributed by atoms with E-state index in [0.717, 1.165) is 10.5 Å². The molecule has 2 amide bonds. The molecule has 0 bridgehead atoms. The lowest BCUT2D eigenvalue weighted by Gasteiger charge is -2.26. The first-order valence-corrected chi connectivity index (χ1v) is 8.70. The fourth-order valence-corrected chi connectivity index (χ4v) is 3.59. The second-order valence-electron chi connectivity index (χ2n) is 5.68. The molecule has 3 rings (SSSR count). The highest BCUT2D eigenvalue weighted by atomic mass is 79.9. The van der Waals surface area contributed by atoms with E-state index < -0.39 is 23.8 Å². The Kier molecular flexibility index (Phi) is 4.99. The number of imide groups is 1. The average Bonchev–Trinajstić information content (AvgIpc) is 2.91. The summed E-state index contributed by atoms with van der Waals surface area (Å²) in [7, 11) is 1.25. The molecule has 1 heterocycles. The molecular formula is C19H16BrNO4. The Morgan fingerprint density at radius 1 is 1.00 bits per heavy atom. The molecule has 1 aliphatic rings. The summed E-state index contributed by atoms with van der Waals surface area (Å²) in [5.74, 6) is -1.55. The van der Waals surface area contributed by atoms with Gasteiger partial charge in [0.1, 0.15) is 6.04 Å². The molecular weight excluding hydrogens is 386 g/mol. The van der Waals surface area contributed by atoms with Crippen molar-refractivity contribution in [2.24, 2.45) is 0 Å². The van der Waals surface area contributed by atoms with Crippen molar-refractivity contribution in [1.82, 2.24) is 4.90 Å². The molecule has 0 N–H and O–H groups in total. The van der Waals surface area contributed by atoms with Gasteiger partial charge in [-0.2, -0.15) is 0 Å². The molecule has 0 spiro atoms. The number of methoxy groups -OCH3 is 1. The molecule has 0 aliphatic carbocycles. The van der Waals surface area contributed by atoms with Crippen LogP contribution in [0.5, 0.6) is 0 Å². The molecule has 25 heavy (non-hydrogen) atoms. The minimum Gasteiger partial charge on any atom is -0.467 e. The Morgan fingerprint density at radius 3 is 2.04 bits per heavy atom. The first kappa shape index (κ1) is 17.4. The zero-order valence-corrected chi connectivity index (χ0v) is 15.1. The second-order valence-corrected chi connectivity index (χ2v) is 6.78. The van der Waals surface area contributed by atoms with Gasteiger partial charge in [0.25, 0.3) is 11.8 Å². The molecule has 2 aromatic carbocycles. The zero-order valence-electron chi connectivity index (χ0n) is 13.5. The Morgan fingerprint density at radius 2 is 1.52 bits per heavy atom. The van der Waals surface area contributed by atoms with Crippen molar-refractivity contribution >= 4 is 33.7 Å². The number of hydrogen-bond donors (Lipinski definition) is 0. The molecule has 0 aromatic heterocycles. The predicted molar refractivity (Wildman–Crippen MR) is 95.5 cm³/mol. The van der Waals surface area contributed by atoms with Crippen LogP contribution in [0.2, 0.25) is 0 Å². The van der Waals surface area contributed by atoms with Crippen LogP contribution in [0, 0.1) is 0 Å². The van der Waals surface area contributed by atoms with Gasteiger partial charge in [-0.25, -0.2) is 4.79 Å². The Labute approximate surface area is 153 Å². The third kappa shape index (κ3) is 3.22. The number of amides is 2. The van der Waals surface area contributed by atoms with Gasteiger partial charge in [0.2, 0.25) is 0 Å². The van der Waals surface area contributed by atoms with Gasteiger partial charge in [-0.15, -0.1) is 0 Å². The van der Waals surface area contributed by atoms with Crippen molar-refractivity contribution in [2.45, 2.75) is 17.3 Å². The van der Waals surface area contributed by atoms with Gasteiger partial charge in [0.15, 0.2) is 0 Å². The number of hydrogen-bond acceptors (Lipinski definition) is 4. The van der Waals surface area contributed by atoms with E-state index in [9.17, 15) is 14.4 Å². The third-order valence-corrected chi connectivity index (χ3v) is 5.10. The van der Waals surface area contributed by atoms with E-state index in [2.05, 4.69) is 15.9 Å². The first-order chi connectivity index (χ1) is 12.0. The summed E-state index contributed by atoms with van der Waals surface area (Å²) >= 11 is 3.55. The van der Waals surface area contributed by atoms with Crippen LogP contribution in [0.1, 0.15) is 37.5 Å². The molecule has 1 unspecified atom stereocenters. The van der Waals surface area contributed by atoms with Crippen LogP contribution in [0.3, 0.4) is 0 Å². The maximum Gasteiger partial charge on any atom is 0.329 e. The summed E-state index contributed by atoms with van der Waals surface area (Å²) in [6, 6.07) is 15.1. The van der Waals surface area contributed by atoms with Crippen LogP contribution in [0.4, 0.5) is 0 Å². The Balaban J connectivity index is 1.91. The van der Waals surface area contributed by atoms with Crippen molar-refractivity contribution in [1.29, 1.82) is 0 Å². The second kappa shape index (κ2) is 7.19. The number of esters is 1. The summed E-state index contributed by atoms with van der Waals surface area (Å²) in [6.45, 7) is 0. The van der Waals surface area contributed by atoms with Gasteiger partial charge in [-0.05, 0) is 24.1 Å². The molecule has 1 aliphatic heterocycles. The van der Waals surface area contributed by atoms with E-state index in [1.54, 1.807) is 24.3 Å². The van der Waals surface area contributed by atoms with Gasteiger partial charge in [0, 0.05) is 4.83 Å². The number of benzene rings is 2. The highest BCUT2D eigenvalue weighted by Crippen LogP contribution is 2.33. The Hall–Kier alpha value is -2.47. The quantitative estimate of drug-likeness (QED) is 0.437. The fourth-order valence-electron chi connectivity index (χ4n) is 2.93. The zero-order chi connectivity index (χ0) is 18.0. The number of carbonyl (C=O) groups is 3. The van der Waals surface area contributed by atoms with E-state index in [4.69, 9.17) is 4.74 Å². The molecule has 6 heteroatoms. The molecule has 5 nitrogen and oxygen atoms in total. The van der Waals surface area contributed by atoms with Crippen LogP contribution in [-0.4, -0.2) is 35.8 Å². The summed E-state index contributed by atoms with van der Waals surface area (Å²) in [5.41, 5.74) is 1.58. The SMILES string of the molecule is COC(=O)[C@H](CC(Br)c1ccccc1)N1C(=O)c2ccccc2C1=O. The maximum absolute atomic E-state index is 12.7. The molecule has 2 atom stereocenters. The molecule has 0 radical (unpaired) electrons. The molecule has 2 aromatic rings. The maximum atomic E-state index is 12.7. The lowest BCUT2D eigenvalue weighted by Crippen LogP contribution is -2.45. The summed E-state index contributed by atoms with van der Waals surface area (Å²) in [4.78, 5) is 38.5. The molecule has 0 saturated heterocycles. The smallest absolute Gasteiger partial charge is 0.329 e. The van der Waals surface area contributed by atoms with E-state index in [1.165, 1.54) is 7.11 Å². The summed E-state index contributed by atoms with van der Waals surface area (Å²) in [6.07, 6.45) is 0.224. The van der Waals surface area contributed by atoms with Crippen LogP contribution < -0.4 is 0 Å². The lowest BCUT2D eigenvalue weighted by molar-refractivity contribution is -0.145. The van der Waals surface area contributed by atoms with Crippen molar-refractivity contribution in [3.8, 4) is 0 Å². The van der Waals surface area contributed by atoms with Gasteiger partial charge in [0.05, 0.1) is 18.2 Å². The van der Waals surface area contributed by atoms with E-state index >= 15 is 0 Å². The van der Waals surface area contributed by atoms with E-state index in [-0.39, 0.29) is 11.2 Å². The Bertz CT molecular complexity index is 786. The highest BCUT2D eigenvalue weighted by molar-refractivity contribution is 9.09. The van der Waals surface area contributed by atoms with Crippen LogP contribution in [0.25, 0.3) is 0 Å². The van der Waals surface area contributed by atoms with Crippen LogP contribution in [-0.2, 0) is 9.53 Å². The number of ether oxygens (including phenoxy) is 1. The average molecular weight is 402 g/mol. The van der Waals surface area contributed by atoms with Crippen molar-refractivity contribution in [2.75, 3.05) is 7.11 Å². The number of alkyl halides is 1. The minimum atomic E-state index is -0.998.